The molecule has 0 aliphatic rings. The first-order chi connectivity index (χ1) is 7.29. The standard InChI is InChI=1S/C11H10BrClN2.ClH/c12-10-3-1-9(2-4-10)7-15-8-14-6-11(15)5-13;/h1-4,6,8H,5,7H2;1H. The highest BCUT2D eigenvalue weighted by molar-refractivity contribution is 9.10. The van der Waals surface area contributed by atoms with Crippen LogP contribution in [0.3, 0.4) is 0 Å². The van der Waals surface area contributed by atoms with E-state index in [0.29, 0.717) is 5.88 Å². The first-order valence-electron chi connectivity index (χ1n) is 4.59. The molecule has 1 aromatic heterocycles. The fourth-order valence-corrected chi connectivity index (χ4v) is 1.88. The van der Waals surface area contributed by atoms with Crippen LogP contribution >= 0.6 is 39.9 Å². The number of aromatic nitrogens is 2. The average Bonchev–Trinajstić information content (AvgIpc) is 2.69. The van der Waals surface area contributed by atoms with Crippen molar-refractivity contribution in [2.24, 2.45) is 0 Å². The van der Waals surface area contributed by atoms with Gasteiger partial charge in [0.05, 0.1) is 17.9 Å². The van der Waals surface area contributed by atoms with Crippen molar-refractivity contribution in [3.05, 3.63) is 52.5 Å². The van der Waals surface area contributed by atoms with Crippen LogP contribution in [0.5, 0.6) is 0 Å². The maximum Gasteiger partial charge on any atom is 0.0951 e. The predicted molar refractivity (Wildman–Crippen MR) is 72.3 cm³/mol. The van der Waals surface area contributed by atoms with Crippen LogP contribution in [0.4, 0.5) is 0 Å². The van der Waals surface area contributed by atoms with Gasteiger partial charge in [0, 0.05) is 17.2 Å². The molecule has 1 heterocycles. The van der Waals surface area contributed by atoms with Crippen molar-refractivity contribution >= 4 is 39.9 Å². The van der Waals surface area contributed by atoms with Gasteiger partial charge in [0.2, 0.25) is 0 Å². The van der Waals surface area contributed by atoms with Crippen molar-refractivity contribution < 1.29 is 0 Å². The lowest BCUT2D eigenvalue weighted by Crippen LogP contribution is -2.01. The highest BCUT2D eigenvalue weighted by Gasteiger charge is 2.01. The maximum absolute atomic E-state index is 5.80. The van der Waals surface area contributed by atoms with E-state index < -0.39 is 0 Å². The predicted octanol–water partition coefficient (Wildman–Crippen LogP) is 3.85. The Balaban J connectivity index is 0.00000128. The number of rotatable bonds is 3. The Morgan fingerprint density at radius 2 is 1.94 bits per heavy atom. The third-order valence-electron chi connectivity index (χ3n) is 2.20. The van der Waals surface area contributed by atoms with E-state index >= 15 is 0 Å². The molecule has 16 heavy (non-hydrogen) atoms. The topological polar surface area (TPSA) is 17.8 Å². The van der Waals surface area contributed by atoms with E-state index in [0.717, 1.165) is 16.7 Å². The van der Waals surface area contributed by atoms with Crippen LogP contribution < -0.4 is 0 Å². The van der Waals surface area contributed by atoms with Crippen LogP contribution in [0.1, 0.15) is 11.3 Å². The second-order valence-corrected chi connectivity index (χ2v) is 4.46. The van der Waals surface area contributed by atoms with Crippen molar-refractivity contribution in [2.75, 3.05) is 0 Å². The van der Waals surface area contributed by atoms with Crippen LogP contribution in [0, 0.1) is 0 Å². The van der Waals surface area contributed by atoms with Gasteiger partial charge in [-0.15, -0.1) is 24.0 Å². The molecule has 0 radical (unpaired) electrons. The van der Waals surface area contributed by atoms with E-state index in [1.54, 1.807) is 12.5 Å². The van der Waals surface area contributed by atoms with Crippen LogP contribution in [-0.2, 0) is 12.4 Å². The molecule has 0 N–H and O–H groups in total. The fraction of sp³-hybridized carbons (Fsp3) is 0.182. The zero-order chi connectivity index (χ0) is 10.7. The van der Waals surface area contributed by atoms with E-state index in [1.807, 2.05) is 12.1 Å². The minimum Gasteiger partial charge on any atom is -0.329 e. The van der Waals surface area contributed by atoms with Gasteiger partial charge < -0.3 is 4.57 Å². The summed E-state index contributed by atoms with van der Waals surface area (Å²) >= 11 is 9.21. The molecule has 0 atom stereocenters. The summed E-state index contributed by atoms with van der Waals surface area (Å²) in [4.78, 5) is 4.08. The summed E-state index contributed by atoms with van der Waals surface area (Å²) in [6, 6.07) is 8.24. The summed E-state index contributed by atoms with van der Waals surface area (Å²) in [5, 5.41) is 0. The third-order valence-corrected chi connectivity index (χ3v) is 3.00. The molecule has 86 valence electrons. The van der Waals surface area contributed by atoms with Crippen molar-refractivity contribution in [3.8, 4) is 0 Å². The van der Waals surface area contributed by atoms with Gasteiger partial charge in [0.25, 0.3) is 0 Å². The Labute approximate surface area is 114 Å². The number of halogens is 3. The summed E-state index contributed by atoms with van der Waals surface area (Å²) in [5.74, 6) is 0.497. The quantitative estimate of drug-likeness (QED) is 0.785. The Bertz CT molecular complexity index is 440. The van der Waals surface area contributed by atoms with Gasteiger partial charge in [-0.25, -0.2) is 4.98 Å². The molecular formula is C11H11BrCl2N2. The number of alkyl halides is 1. The van der Waals surface area contributed by atoms with E-state index in [1.165, 1.54) is 5.56 Å². The van der Waals surface area contributed by atoms with Crippen molar-refractivity contribution in [3.63, 3.8) is 0 Å². The van der Waals surface area contributed by atoms with Crippen LogP contribution in [0.2, 0.25) is 0 Å². The fourth-order valence-electron chi connectivity index (χ4n) is 1.39. The monoisotopic (exact) mass is 320 g/mol. The van der Waals surface area contributed by atoms with Crippen molar-refractivity contribution in [1.82, 2.24) is 9.55 Å². The third kappa shape index (κ3) is 3.24. The van der Waals surface area contributed by atoms with Gasteiger partial charge in [-0.05, 0) is 17.7 Å². The summed E-state index contributed by atoms with van der Waals surface area (Å²) in [7, 11) is 0. The van der Waals surface area contributed by atoms with Crippen molar-refractivity contribution in [2.45, 2.75) is 12.4 Å². The van der Waals surface area contributed by atoms with E-state index in [4.69, 9.17) is 11.6 Å². The lowest BCUT2D eigenvalue weighted by molar-refractivity contribution is 0.765. The molecule has 0 saturated heterocycles. The highest BCUT2D eigenvalue weighted by Crippen LogP contribution is 2.13. The van der Waals surface area contributed by atoms with Gasteiger partial charge in [0.1, 0.15) is 0 Å². The molecule has 5 heteroatoms. The molecule has 0 aliphatic heterocycles. The van der Waals surface area contributed by atoms with Crippen LogP contribution in [-0.4, -0.2) is 9.55 Å². The number of hydrogen-bond donors (Lipinski definition) is 0. The zero-order valence-electron chi connectivity index (χ0n) is 8.44. The molecule has 2 aromatic rings. The normalized spacial score (nSPS) is 9.88. The lowest BCUT2D eigenvalue weighted by Gasteiger charge is -2.06. The summed E-state index contributed by atoms with van der Waals surface area (Å²) in [5.41, 5.74) is 2.28. The molecule has 2 nitrogen and oxygen atoms in total. The second kappa shape index (κ2) is 6.28. The molecule has 1 aromatic carbocycles. The molecule has 0 unspecified atom stereocenters. The number of nitrogens with zero attached hydrogens (tertiary/aromatic N) is 2. The Morgan fingerprint density at radius 3 is 2.56 bits per heavy atom. The molecule has 0 aliphatic carbocycles. The molecular weight excluding hydrogens is 311 g/mol. The van der Waals surface area contributed by atoms with Crippen LogP contribution in [0.25, 0.3) is 0 Å². The molecule has 2 rings (SSSR count). The van der Waals surface area contributed by atoms with Crippen molar-refractivity contribution in [1.29, 1.82) is 0 Å². The second-order valence-electron chi connectivity index (χ2n) is 3.27. The minimum atomic E-state index is 0. The van der Waals surface area contributed by atoms with E-state index in [2.05, 4.69) is 37.6 Å². The molecule has 0 fully saturated rings. The Hall–Kier alpha value is -0.510. The first-order valence-corrected chi connectivity index (χ1v) is 5.92. The van der Waals surface area contributed by atoms with E-state index in [-0.39, 0.29) is 12.4 Å². The lowest BCUT2D eigenvalue weighted by atomic mass is 10.2. The summed E-state index contributed by atoms with van der Waals surface area (Å²) < 4.78 is 3.14. The summed E-state index contributed by atoms with van der Waals surface area (Å²) in [6.07, 6.45) is 3.60. The smallest absolute Gasteiger partial charge is 0.0951 e. The van der Waals surface area contributed by atoms with Gasteiger partial charge in [-0.1, -0.05) is 28.1 Å². The van der Waals surface area contributed by atoms with Gasteiger partial charge >= 0.3 is 0 Å². The largest absolute Gasteiger partial charge is 0.329 e. The number of hydrogen-bond acceptors (Lipinski definition) is 1. The molecule has 0 spiro atoms. The van der Waals surface area contributed by atoms with E-state index in [9.17, 15) is 0 Å². The number of imidazole rings is 1. The molecule has 0 amide bonds. The highest BCUT2D eigenvalue weighted by atomic mass is 79.9. The SMILES string of the molecule is Cl.ClCc1cncn1Cc1ccc(Br)cc1. The first kappa shape index (κ1) is 13.6. The Morgan fingerprint density at radius 1 is 1.25 bits per heavy atom. The van der Waals surface area contributed by atoms with Gasteiger partial charge in [-0.3, -0.25) is 0 Å². The van der Waals surface area contributed by atoms with Crippen LogP contribution in [0.15, 0.2) is 41.3 Å². The molecule has 0 saturated carbocycles. The maximum atomic E-state index is 5.80. The Kier molecular flexibility index (Phi) is 5.32. The van der Waals surface area contributed by atoms with Gasteiger partial charge in [-0.2, -0.15) is 0 Å². The molecule has 0 bridgehead atoms. The number of benzene rings is 1. The minimum absolute atomic E-state index is 0. The zero-order valence-corrected chi connectivity index (χ0v) is 11.6. The summed E-state index contributed by atoms with van der Waals surface area (Å²) in [6.45, 7) is 0.815. The average molecular weight is 322 g/mol. The van der Waals surface area contributed by atoms with Gasteiger partial charge in [0.15, 0.2) is 0 Å².